The lowest BCUT2D eigenvalue weighted by Gasteiger charge is -2.16. The summed E-state index contributed by atoms with van der Waals surface area (Å²) < 4.78 is 0. The number of para-hydroxylation sites is 1. The monoisotopic (exact) mass is 427 g/mol. The molecule has 0 bridgehead atoms. The van der Waals surface area contributed by atoms with Crippen LogP contribution in [0.3, 0.4) is 0 Å². The van der Waals surface area contributed by atoms with E-state index in [0.29, 0.717) is 11.1 Å². The van der Waals surface area contributed by atoms with Crippen LogP contribution in [0.5, 0.6) is 0 Å². The van der Waals surface area contributed by atoms with Crippen molar-refractivity contribution in [3.05, 3.63) is 50.1 Å². The van der Waals surface area contributed by atoms with Gasteiger partial charge in [-0.1, -0.05) is 43.8 Å². The largest absolute Gasteiger partial charge is 0.325 e. The summed E-state index contributed by atoms with van der Waals surface area (Å²) in [7, 11) is 0. The molecule has 7 heteroatoms. The van der Waals surface area contributed by atoms with Gasteiger partial charge in [-0.25, -0.2) is 4.98 Å². The summed E-state index contributed by atoms with van der Waals surface area (Å²) >= 11 is 2.90. The number of hydrogen-bond donors (Lipinski definition) is 2. The third kappa shape index (κ3) is 4.12. The van der Waals surface area contributed by atoms with Crippen LogP contribution in [0.15, 0.2) is 28.2 Å². The molecular weight excluding hydrogens is 402 g/mol. The van der Waals surface area contributed by atoms with Gasteiger partial charge in [-0.15, -0.1) is 11.3 Å². The van der Waals surface area contributed by atoms with Crippen molar-refractivity contribution in [3.8, 4) is 0 Å². The predicted molar refractivity (Wildman–Crippen MR) is 122 cm³/mol. The quantitative estimate of drug-likeness (QED) is 0.443. The number of carbonyl (C=O) groups is 1. The molecule has 5 nitrogen and oxygen atoms in total. The maximum absolute atomic E-state index is 12.6. The van der Waals surface area contributed by atoms with Gasteiger partial charge in [-0.2, -0.15) is 0 Å². The SMILES string of the molecule is Cc1cccc(C(C)C)c1NC(=O)CSc1nc2sc3c(c2c(=O)[nH]1)CCCC3. The highest BCUT2D eigenvalue weighted by atomic mass is 32.2. The summed E-state index contributed by atoms with van der Waals surface area (Å²) in [6.45, 7) is 6.23. The molecule has 0 unspecified atom stereocenters. The van der Waals surface area contributed by atoms with Crippen molar-refractivity contribution in [2.75, 3.05) is 11.1 Å². The van der Waals surface area contributed by atoms with Gasteiger partial charge in [0.2, 0.25) is 5.91 Å². The number of anilines is 1. The lowest BCUT2D eigenvalue weighted by Crippen LogP contribution is -2.17. The summed E-state index contributed by atoms with van der Waals surface area (Å²) in [4.78, 5) is 34.8. The van der Waals surface area contributed by atoms with Crippen molar-refractivity contribution < 1.29 is 4.79 Å². The van der Waals surface area contributed by atoms with Crippen molar-refractivity contribution in [1.82, 2.24) is 9.97 Å². The van der Waals surface area contributed by atoms with E-state index < -0.39 is 0 Å². The molecule has 1 aliphatic rings. The van der Waals surface area contributed by atoms with Gasteiger partial charge in [0.25, 0.3) is 5.56 Å². The van der Waals surface area contributed by atoms with Crippen LogP contribution in [0.4, 0.5) is 5.69 Å². The van der Waals surface area contributed by atoms with E-state index in [0.717, 1.165) is 46.3 Å². The number of thioether (sulfide) groups is 1. The van der Waals surface area contributed by atoms with Gasteiger partial charge in [0.15, 0.2) is 5.16 Å². The van der Waals surface area contributed by atoms with E-state index in [1.807, 2.05) is 25.1 Å². The number of thiophene rings is 1. The third-order valence-electron chi connectivity index (χ3n) is 5.33. The molecule has 3 aromatic rings. The minimum atomic E-state index is -0.0978. The highest BCUT2D eigenvalue weighted by molar-refractivity contribution is 7.99. The minimum Gasteiger partial charge on any atom is -0.325 e. The molecule has 0 aliphatic heterocycles. The third-order valence-corrected chi connectivity index (χ3v) is 7.39. The number of fused-ring (bicyclic) bond motifs is 3. The molecule has 152 valence electrons. The molecule has 0 spiro atoms. The Morgan fingerprint density at radius 1 is 1.31 bits per heavy atom. The number of benzene rings is 1. The average Bonchev–Trinajstić information content (AvgIpc) is 3.06. The molecular formula is C22H25N3O2S2. The first kappa shape index (κ1) is 20.2. The minimum absolute atomic E-state index is 0.0849. The average molecular weight is 428 g/mol. The van der Waals surface area contributed by atoms with E-state index >= 15 is 0 Å². The lowest BCUT2D eigenvalue weighted by molar-refractivity contribution is -0.113. The second-order valence-corrected chi connectivity index (χ2v) is 9.84. The van der Waals surface area contributed by atoms with Crippen molar-refractivity contribution in [2.24, 2.45) is 0 Å². The molecule has 1 amide bonds. The molecule has 4 rings (SSSR count). The Bertz CT molecular complexity index is 1130. The Morgan fingerprint density at radius 2 is 2.10 bits per heavy atom. The van der Waals surface area contributed by atoms with Crippen LogP contribution in [0.2, 0.25) is 0 Å². The second kappa shape index (κ2) is 8.32. The van der Waals surface area contributed by atoms with Gasteiger partial charge < -0.3 is 10.3 Å². The number of hydrogen-bond acceptors (Lipinski definition) is 5. The van der Waals surface area contributed by atoms with Crippen LogP contribution in [0, 0.1) is 6.92 Å². The van der Waals surface area contributed by atoms with E-state index in [-0.39, 0.29) is 17.2 Å². The summed E-state index contributed by atoms with van der Waals surface area (Å²) in [5.41, 5.74) is 4.15. The summed E-state index contributed by atoms with van der Waals surface area (Å²) in [6.07, 6.45) is 4.31. The molecule has 0 radical (unpaired) electrons. The number of aryl methyl sites for hydroxylation is 3. The van der Waals surface area contributed by atoms with Crippen LogP contribution < -0.4 is 10.9 Å². The van der Waals surface area contributed by atoms with E-state index in [2.05, 4.69) is 29.1 Å². The molecule has 2 aromatic heterocycles. The topological polar surface area (TPSA) is 74.8 Å². The Morgan fingerprint density at radius 3 is 2.90 bits per heavy atom. The van der Waals surface area contributed by atoms with Gasteiger partial charge >= 0.3 is 0 Å². The van der Waals surface area contributed by atoms with E-state index in [1.54, 1.807) is 11.3 Å². The normalized spacial score (nSPS) is 13.7. The van der Waals surface area contributed by atoms with Crippen LogP contribution in [0.1, 0.15) is 54.2 Å². The molecule has 1 aliphatic carbocycles. The highest BCUT2D eigenvalue weighted by Gasteiger charge is 2.20. The first-order chi connectivity index (χ1) is 13.9. The number of rotatable bonds is 5. The van der Waals surface area contributed by atoms with Gasteiger partial charge in [-0.3, -0.25) is 9.59 Å². The first-order valence-electron chi connectivity index (χ1n) is 10.0. The fraction of sp³-hybridized carbons (Fsp3) is 0.409. The molecule has 0 saturated heterocycles. The van der Waals surface area contributed by atoms with E-state index in [9.17, 15) is 9.59 Å². The molecule has 1 aromatic carbocycles. The van der Waals surface area contributed by atoms with Crippen LogP contribution in [-0.4, -0.2) is 21.6 Å². The number of nitrogens with one attached hydrogen (secondary N) is 2. The number of amides is 1. The maximum Gasteiger partial charge on any atom is 0.260 e. The number of H-pyrrole nitrogens is 1. The zero-order valence-corrected chi connectivity index (χ0v) is 18.6. The standard InChI is InChI=1S/C22H25N3O2S2/c1-12(2)14-9-6-7-13(3)19(14)23-17(26)11-28-22-24-20(27)18-15-8-4-5-10-16(15)29-21(18)25-22/h6-7,9,12H,4-5,8,10-11H2,1-3H3,(H,23,26)(H,24,25,27). The van der Waals surface area contributed by atoms with Gasteiger partial charge in [0.05, 0.1) is 11.1 Å². The van der Waals surface area contributed by atoms with E-state index in [4.69, 9.17) is 0 Å². The Hall–Kier alpha value is -2.12. The Labute approximate surface area is 178 Å². The Kier molecular flexibility index (Phi) is 5.79. The first-order valence-corrected chi connectivity index (χ1v) is 11.8. The van der Waals surface area contributed by atoms with Gasteiger partial charge in [-0.05, 0) is 55.2 Å². The number of carbonyl (C=O) groups excluding carboxylic acids is 1. The fourth-order valence-electron chi connectivity index (χ4n) is 3.86. The number of nitrogens with zero attached hydrogens (tertiary/aromatic N) is 1. The molecule has 2 N–H and O–H groups in total. The molecule has 0 atom stereocenters. The lowest BCUT2D eigenvalue weighted by atomic mass is 9.97. The van der Waals surface area contributed by atoms with Gasteiger partial charge in [0.1, 0.15) is 4.83 Å². The van der Waals surface area contributed by atoms with Crippen LogP contribution >= 0.6 is 23.1 Å². The predicted octanol–water partition coefficient (Wildman–Crippen LogP) is 5.03. The highest BCUT2D eigenvalue weighted by Crippen LogP contribution is 2.34. The summed E-state index contributed by atoms with van der Waals surface area (Å²) in [6, 6.07) is 6.06. The summed E-state index contributed by atoms with van der Waals surface area (Å²) in [5.74, 6) is 0.424. The fourth-order valence-corrected chi connectivity index (χ4v) is 5.84. The second-order valence-electron chi connectivity index (χ2n) is 7.79. The van der Waals surface area contributed by atoms with Gasteiger partial charge in [0, 0.05) is 10.6 Å². The molecule has 0 saturated carbocycles. The van der Waals surface area contributed by atoms with Crippen LogP contribution in [-0.2, 0) is 17.6 Å². The zero-order chi connectivity index (χ0) is 20.5. The molecule has 2 heterocycles. The molecule has 29 heavy (non-hydrogen) atoms. The van der Waals surface area contributed by atoms with E-state index in [1.165, 1.54) is 28.6 Å². The maximum atomic E-state index is 12.6. The van der Waals surface area contributed by atoms with Crippen molar-refractivity contribution >= 4 is 44.9 Å². The van der Waals surface area contributed by atoms with Crippen molar-refractivity contribution in [3.63, 3.8) is 0 Å². The smallest absolute Gasteiger partial charge is 0.260 e. The summed E-state index contributed by atoms with van der Waals surface area (Å²) in [5, 5.41) is 4.30. The zero-order valence-electron chi connectivity index (χ0n) is 16.9. The van der Waals surface area contributed by atoms with Crippen molar-refractivity contribution in [1.29, 1.82) is 0 Å². The van der Waals surface area contributed by atoms with Crippen LogP contribution in [0.25, 0.3) is 10.2 Å². The molecule has 0 fully saturated rings. The number of aromatic amines is 1. The number of aromatic nitrogens is 2. The van der Waals surface area contributed by atoms with Crippen molar-refractivity contribution in [2.45, 2.75) is 57.5 Å². The Balaban J connectivity index is 1.50.